The standard InChI is InChI=1S/C19H19N5O2/c1-14-13-26-18-8-3-2-5-15(18)12-23(14)19(25)21-16-6-4-7-17(11-16)24-10-9-20-22-24/h2-11,14H,12-13H2,1H3,(H,21,25)/t14-/m0/s1. The number of carbonyl (C=O) groups is 1. The summed E-state index contributed by atoms with van der Waals surface area (Å²) in [5.41, 5.74) is 2.54. The van der Waals surface area contributed by atoms with Crippen LogP contribution in [0.4, 0.5) is 10.5 Å². The molecule has 0 spiro atoms. The number of benzene rings is 2. The Morgan fingerprint density at radius 2 is 2.12 bits per heavy atom. The number of rotatable bonds is 2. The van der Waals surface area contributed by atoms with Crippen molar-refractivity contribution in [3.05, 3.63) is 66.5 Å². The zero-order chi connectivity index (χ0) is 17.9. The van der Waals surface area contributed by atoms with Crippen molar-refractivity contribution in [1.82, 2.24) is 19.9 Å². The summed E-state index contributed by atoms with van der Waals surface area (Å²) >= 11 is 0. The number of ether oxygens (including phenoxy) is 1. The van der Waals surface area contributed by atoms with Crippen LogP contribution in [-0.2, 0) is 6.54 Å². The Balaban J connectivity index is 1.53. The molecule has 1 aliphatic heterocycles. The zero-order valence-electron chi connectivity index (χ0n) is 14.4. The van der Waals surface area contributed by atoms with Crippen molar-refractivity contribution in [1.29, 1.82) is 0 Å². The van der Waals surface area contributed by atoms with Crippen molar-refractivity contribution in [3.63, 3.8) is 0 Å². The number of nitrogens with one attached hydrogen (secondary N) is 1. The molecule has 3 aromatic rings. The lowest BCUT2D eigenvalue weighted by Crippen LogP contribution is -2.42. The van der Waals surface area contributed by atoms with Gasteiger partial charge in [0, 0.05) is 11.3 Å². The van der Waals surface area contributed by atoms with Gasteiger partial charge in [-0.3, -0.25) is 0 Å². The number of carbonyl (C=O) groups excluding carboxylic acids is 1. The summed E-state index contributed by atoms with van der Waals surface area (Å²) in [6.07, 6.45) is 3.37. The summed E-state index contributed by atoms with van der Waals surface area (Å²) in [5, 5.41) is 10.8. The predicted octanol–water partition coefficient (Wildman–Crippen LogP) is 3.08. The molecule has 0 saturated heterocycles. The van der Waals surface area contributed by atoms with Crippen molar-refractivity contribution in [2.24, 2.45) is 0 Å². The number of aromatic nitrogens is 3. The van der Waals surface area contributed by atoms with Gasteiger partial charge in [0.1, 0.15) is 12.4 Å². The molecule has 2 amide bonds. The van der Waals surface area contributed by atoms with Gasteiger partial charge in [0.25, 0.3) is 0 Å². The number of nitrogens with zero attached hydrogens (tertiary/aromatic N) is 4. The third-order valence-electron chi connectivity index (χ3n) is 4.37. The van der Waals surface area contributed by atoms with Gasteiger partial charge in [-0.25, -0.2) is 9.48 Å². The Labute approximate surface area is 151 Å². The molecule has 1 atom stereocenters. The smallest absolute Gasteiger partial charge is 0.322 e. The highest BCUT2D eigenvalue weighted by Crippen LogP contribution is 2.25. The molecule has 7 nitrogen and oxygen atoms in total. The van der Waals surface area contributed by atoms with E-state index in [4.69, 9.17) is 4.74 Å². The van der Waals surface area contributed by atoms with Crippen LogP contribution in [0.15, 0.2) is 60.9 Å². The number of fused-ring (bicyclic) bond motifs is 1. The van der Waals surface area contributed by atoms with Gasteiger partial charge in [-0.05, 0) is 31.2 Å². The van der Waals surface area contributed by atoms with Gasteiger partial charge in [-0.1, -0.05) is 29.5 Å². The van der Waals surface area contributed by atoms with Gasteiger partial charge in [0.2, 0.25) is 0 Å². The van der Waals surface area contributed by atoms with Gasteiger partial charge in [-0.15, -0.1) is 5.10 Å². The largest absolute Gasteiger partial charge is 0.491 e. The maximum Gasteiger partial charge on any atom is 0.322 e. The number of urea groups is 1. The van der Waals surface area contributed by atoms with Crippen LogP contribution in [-0.4, -0.2) is 38.6 Å². The Morgan fingerprint density at radius 1 is 1.23 bits per heavy atom. The number of para-hydroxylation sites is 1. The second kappa shape index (κ2) is 6.87. The molecule has 0 unspecified atom stereocenters. The quantitative estimate of drug-likeness (QED) is 0.772. The Morgan fingerprint density at radius 3 is 2.96 bits per heavy atom. The molecule has 0 aliphatic carbocycles. The van der Waals surface area contributed by atoms with Crippen LogP contribution in [0.2, 0.25) is 0 Å². The van der Waals surface area contributed by atoms with Gasteiger partial charge in [0.15, 0.2) is 0 Å². The van der Waals surface area contributed by atoms with Crippen LogP contribution in [0.5, 0.6) is 5.75 Å². The van der Waals surface area contributed by atoms with E-state index in [-0.39, 0.29) is 12.1 Å². The van der Waals surface area contributed by atoms with Gasteiger partial charge < -0.3 is 15.0 Å². The number of anilines is 1. The molecule has 1 N–H and O–H groups in total. The fourth-order valence-corrected chi connectivity index (χ4v) is 2.95. The molecular weight excluding hydrogens is 330 g/mol. The monoisotopic (exact) mass is 349 g/mol. The highest BCUT2D eigenvalue weighted by Gasteiger charge is 2.25. The zero-order valence-corrected chi connectivity index (χ0v) is 14.4. The number of amides is 2. The highest BCUT2D eigenvalue weighted by molar-refractivity contribution is 5.90. The van der Waals surface area contributed by atoms with E-state index in [2.05, 4.69) is 15.6 Å². The molecule has 26 heavy (non-hydrogen) atoms. The van der Waals surface area contributed by atoms with Crippen molar-refractivity contribution < 1.29 is 9.53 Å². The Hall–Kier alpha value is -3.35. The van der Waals surface area contributed by atoms with Crippen LogP contribution < -0.4 is 10.1 Å². The first-order valence-electron chi connectivity index (χ1n) is 8.46. The number of hydrogen-bond donors (Lipinski definition) is 1. The average molecular weight is 349 g/mol. The maximum absolute atomic E-state index is 12.9. The van der Waals surface area contributed by atoms with E-state index in [1.807, 2.05) is 55.5 Å². The van der Waals surface area contributed by atoms with Crippen molar-refractivity contribution in [2.75, 3.05) is 11.9 Å². The Kier molecular flexibility index (Phi) is 4.27. The van der Waals surface area contributed by atoms with Crippen LogP contribution in [0.25, 0.3) is 5.69 Å². The van der Waals surface area contributed by atoms with Crippen LogP contribution in [0.3, 0.4) is 0 Å². The summed E-state index contributed by atoms with van der Waals surface area (Å²) in [4.78, 5) is 14.6. The molecule has 2 aromatic carbocycles. The SMILES string of the molecule is C[C@H]1COc2ccccc2CN1C(=O)Nc1cccc(-n2ccnn2)c1. The molecule has 0 bridgehead atoms. The van der Waals surface area contributed by atoms with Crippen LogP contribution in [0.1, 0.15) is 12.5 Å². The molecule has 1 aromatic heterocycles. The summed E-state index contributed by atoms with van der Waals surface area (Å²) in [7, 11) is 0. The van der Waals surface area contributed by atoms with Crippen molar-refractivity contribution >= 4 is 11.7 Å². The van der Waals surface area contributed by atoms with E-state index in [0.29, 0.717) is 18.8 Å². The summed E-state index contributed by atoms with van der Waals surface area (Å²) in [6, 6.07) is 15.1. The first kappa shape index (κ1) is 16.1. The van der Waals surface area contributed by atoms with Crippen molar-refractivity contribution in [3.8, 4) is 11.4 Å². The first-order valence-corrected chi connectivity index (χ1v) is 8.46. The van der Waals surface area contributed by atoms with E-state index < -0.39 is 0 Å². The second-order valence-electron chi connectivity index (χ2n) is 6.22. The third-order valence-corrected chi connectivity index (χ3v) is 4.37. The fourth-order valence-electron chi connectivity index (χ4n) is 2.95. The average Bonchev–Trinajstić information content (AvgIpc) is 3.14. The molecule has 4 rings (SSSR count). The van der Waals surface area contributed by atoms with Gasteiger partial charge >= 0.3 is 6.03 Å². The van der Waals surface area contributed by atoms with Gasteiger partial charge in [0.05, 0.1) is 30.7 Å². The summed E-state index contributed by atoms with van der Waals surface area (Å²) in [6.45, 7) is 2.95. The third kappa shape index (κ3) is 3.23. The molecule has 1 aliphatic rings. The molecule has 7 heteroatoms. The predicted molar refractivity (Wildman–Crippen MR) is 97.3 cm³/mol. The van der Waals surface area contributed by atoms with E-state index in [1.54, 1.807) is 22.0 Å². The lowest BCUT2D eigenvalue weighted by atomic mass is 10.2. The van der Waals surface area contributed by atoms with E-state index in [0.717, 1.165) is 17.0 Å². The molecule has 0 radical (unpaired) electrons. The molecule has 2 heterocycles. The minimum Gasteiger partial charge on any atom is -0.491 e. The summed E-state index contributed by atoms with van der Waals surface area (Å²) < 4.78 is 7.47. The molecule has 0 saturated carbocycles. The lowest BCUT2D eigenvalue weighted by Gasteiger charge is -2.26. The first-order chi connectivity index (χ1) is 12.7. The highest BCUT2D eigenvalue weighted by atomic mass is 16.5. The van der Waals surface area contributed by atoms with Crippen LogP contribution >= 0.6 is 0 Å². The van der Waals surface area contributed by atoms with E-state index in [9.17, 15) is 4.79 Å². The maximum atomic E-state index is 12.9. The second-order valence-corrected chi connectivity index (χ2v) is 6.22. The van der Waals surface area contributed by atoms with E-state index in [1.165, 1.54) is 0 Å². The molecular formula is C19H19N5O2. The molecule has 132 valence electrons. The topological polar surface area (TPSA) is 72.3 Å². The fraction of sp³-hybridized carbons (Fsp3) is 0.211. The van der Waals surface area contributed by atoms with E-state index >= 15 is 0 Å². The van der Waals surface area contributed by atoms with Gasteiger partial charge in [-0.2, -0.15) is 0 Å². The van der Waals surface area contributed by atoms with Crippen molar-refractivity contribution in [2.45, 2.75) is 19.5 Å². The number of hydrogen-bond acceptors (Lipinski definition) is 4. The van der Waals surface area contributed by atoms with Crippen LogP contribution in [0, 0.1) is 0 Å². The lowest BCUT2D eigenvalue weighted by molar-refractivity contribution is 0.168. The minimum absolute atomic E-state index is 0.0408. The Bertz CT molecular complexity index is 910. The molecule has 0 fully saturated rings. The normalized spacial score (nSPS) is 16.3. The minimum atomic E-state index is -0.159. The summed E-state index contributed by atoms with van der Waals surface area (Å²) in [5.74, 6) is 0.836.